The van der Waals surface area contributed by atoms with Crippen LogP contribution in [0, 0.1) is 0 Å². The third kappa shape index (κ3) is 2.87. The number of nitrogens with zero attached hydrogens (tertiary/aromatic N) is 2. The number of ether oxygens (including phenoxy) is 1. The molecule has 0 saturated carbocycles. The van der Waals surface area contributed by atoms with E-state index in [0.717, 1.165) is 37.3 Å². The van der Waals surface area contributed by atoms with Crippen LogP contribution in [0.5, 0.6) is 0 Å². The minimum atomic E-state index is -0.458. The normalized spacial score (nSPS) is 15.5. The molecular weight excluding hydrogens is 252 g/mol. The summed E-state index contributed by atoms with van der Waals surface area (Å²) in [5, 5.41) is 1.88. The Labute approximate surface area is 110 Å². The van der Waals surface area contributed by atoms with Crippen LogP contribution >= 0.6 is 11.3 Å². The summed E-state index contributed by atoms with van der Waals surface area (Å²) < 4.78 is 4.85. The van der Waals surface area contributed by atoms with Gasteiger partial charge in [0.05, 0.1) is 6.61 Å². The van der Waals surface area contributed by atoms with Gasteiger partial charge in [-0.05, 0) is 26.2 Å². The van der Waals surface area contributed by atoms with Gasteiger partial charge in [0.25, 0.3) is 5.91 Å². The molecule has 0 unspecified atom stereocenters. The van der Waals surface area contributed by atoms with E-state index in [4.69, 9.17) is 4.74 Å². The van der Waals surface area contributed by atoms with E-state index in [-0.39, 0.29) is 10.9 Å². The maximum atomic E-state index is 12.1. The van der Waals surface area contributed by atoms with E-state index >= 15 is 0 Å². The van der Waals surface area contributed by atoms with Crippen LogP contribution in [0.15, 0.2) is 5.38 Å². The fraction of sp³-hybridized carbons (Fsp3) is 0.583. The van der Waals surface area contributed by atoms with Gasteiger partial charge in [-0.1, -0.05) is 0 Å². The first-order valence-corrected chi connectivity index (χ1v) is 7.02. The lowest BCUT2D eigenvalue weighted by atomic mass is 10.1. The average molecular weight is 268 g/mol. The second-order valence-corrected chi connectivity index (χ2v) is 4.97. The van der Waals surface area contributed by atoms with Crippen LogP contribution < -0.4 is 0 Å². The van der Waals surface area contributed by atoms with Crippen molar-refractivity contribution in [1.29, 1.82) is 0 Å². The first-order valence-electron chi connectivity index (χ1n) is 6.14. The quantitative estimate of drug-likeness (QED) is 0.786. The lowest BCUT2D eigenvalue weighted by Gasteiger charge is -2.25. The van der Waals surface area contributed by atoms with E-state index in [1.54, 1.807) is 17.2 Å². The third-order valence-corrected chi connectivity index (χ3v) is 3.64. The van der Waals surface area contributed by atoms with Crippen molar-refractivity contribution in [3.63, 3.8) is 0 Å². The monoisotopic (exact) mass is 268 g/mol. The van der Waals surface area contributed by atoms with Crippen LogP contribution in [-0.4, -0.2) is 41.5 Å². The van der Waals surface area contributed by atoms with Crippen LogP contribution in [0.25, 0.3) is 0 Å². The highest BCUT2D eigenvalue weighted by atomic mass is 32.1. The van der Waals surface area contributed by atoms with Gasteiger partial charge in [0.15, 0.2) is 0 Å². The molecule has 1 saturated heterocycles. The molecule has 2 rings (SSSR count). The van der Waals surface area contributed by atoms with Crippen LogP contribution in [0.4, 0.5) is 0 Å². The Morgan fingerprint density at radius 1 is 1.39 bits per heavy atom. The third-order valence-electron chi connectivity index (χ3n) is 2.82. The molecule has 1 aromatic rings. The Hall–Kier alpha value is -1.43. The summed E-state index contributed by atoms with van der Waals surface area (Å²) in [7, 11) is 0. The molecule has 0 N–H and O–H groups in total. The Bertz CT molecular complexity index is 438. The summed E-state index contributed by atoms with van der Waals surface area (Å²) in [6.07, 6.45) is 3.26. The number of carbonyl (C=O) groups is 2. The van der Waals surface area contributed by atoms with Crippen LogP contribution in [0.1, 0.15) is 46.5 Å². The number of piperidine rings is 1. The van der Waals surface area contributed by atoms with Crippen LogP contribution in [-0.2, 0) is 4.74 Å². The van der Waals surface area contributed by atoms with Gasteiger partial charge >= 0.3 is 5.97 Å². The Balaban J connectivity index is 2.04. The lowest BCUT2D eigenvalue weighted by molar-refractivity contribution is 0.0526. The van der Waals surface area contributed by atoms with Crippen LogP contribution in [0.2, 0.25) is 0 Å². The number of aromatic nitrogens is 1. The van der Waals surface area contributed by atoms with E-state index in [2.05, 4.69) is 4.98 Å². The Kier molecular flexibility index (Phi) is 4.30. The van der Waals surface area contributed by atoms with Crippen molar-refractivity contribution in [1.82, 2.24) is 9.88 Å². The Morgan fingerprint density at radius 2 is 2.11 bits per heavy atom. The molecule has 1 aliphatic heterocycles. The summed E-state index contributed by atoms with van der Waals surface area (Å²) in [5.74, 6) is -0.540. The summed E-state index contributed by atoms with van der Waals surface area (Å²) in [4.78, 5) is 29.4. The van der Waals surface area contributed by atoms with Gasteiger partial charge in [-0.25, -0.2) is 9.78 Å². The zero-order valence-corrected chi connectivity index (χ0v) is 11.2. The van der Waals surface area contributed by atoms with Crippen molar-refractivity contribution >= 4 is 23.2 Å². The highest BCUT2D eigenvalue weighted by molar-refractivity contribution is 7.11. The van der Waals surface area contributed by atoms with E-state index in [1.807, 2.05) is 0 Å². The predicted molar refractivity (Wildman–Crippen MR) is 67.8 cm³/mol. The molecule has 5 nitrogen and oxygen atoms in total. The van der Waals surface area contributed by atoms with E-state index in [0.29, 0.717) is 12.3 Å². The summed E-state index contributed by atoms with van der Waals surface area (Å²) >= 11 is 1.16. The van der Waals surface area contributed by atoms with E-state index in [9.17, 15) is 9.59 Å². The largest absolute Gasteiger partial charge is 0.461 e. The van der Waals surface area contributed by atoms with Gasteiger partial charge < -0.3 is 9.64 Å². The molecule has 1 fully saturated rings. The summed E-state index contributed by atoms with van der Waals surface area (Å²) in [6.45, 7) is 3.62. The standard InChI is InChI=1S/C12H16N2O3S/c1-2-17-12(16)10-13-9(8-18-10)11(15)14-6-4-3-5-7-14/h8H,2-7H2,1H3. The maximum absolute atomic E-state index is 12.1. The highest BCUT2D eigenvalue weighted by Crippen LogP contribution is 2.16. The van der Waals surface area contributed by atoms with Gasteiger partial charge in [0, 0.05) is 18.5 Å². The Morgan fingerprint density at radius 3 is 2.78 bits per heavy atom. The molecule has 1 aliphatic rings. The molecule has 0 spiro atoms. The molecule has 0 aromatic carbocycles. The molecule has 2 heterocycles. The van der Waals surface area contributed by atoms with Crippen molar-refractivity contribution in [2.75, 3.05) is 19.7 Å². The van der Waals surface area contributed by atoms with E-state index in [1.165, 1.54) is 6.42 Å². The molecule has 0 radical (unpaired) electrons. The van der Waals surface area contributed by atoms with Gasteiger partial charge in [-0.2, -0.15) is 0 Å². The number of thiazole rings is 1. The first-order chi connectivity index (χ1) is 8.72. The molecule has 0 aliphatic carbocycles. The molecule has 98 valence electrons. The fourth-order valence-corrected chi connectivity index (χ4v) is 2.60. The zero-order chi connectivity index (χ0) is 13.0. The van der Waals surface area contributed by atoms with Crippen molar-refractivity contribution in [3.8, 4) is 0 Å². The molecular formula is C12H16N2O3S. The van der Waals surface area contributed by atoms with Crippen LogP contribution in [0.3, 0.4) is 0 Å². The predicted octanol–water partition coefficient (Wildman–Crippen LogP) is 1.95. The van der Waals surface area contributed by atoms with Gasteiger partial charge in [0.1, 0.15) is 5.69 Å². The second-order valence-electron chi connectivity index (χ2n) is 4.11. The number of likely N-dealkylation sites (tertiary alicyclic amines) is 1. The fourth-order valence-electron chi connectivity index (χ4n) is 1.92. The van der Waals surface area contributed by atoms with E-state index < -0.39 is 5.97 Å². The average Bonchev–Trinajstić information content (AvgIpc) is 2.89. The lowest BCUT2D eigenvalue weighted by Crippen LogP contribution is -2.35. The number of hydrogen-bond donors (Lipinski definition) is 0. The number of esters is 1. The van der Waals surface area contributed by atoms with Gasteiger partial charge in [-0.3, -0.25) is 4.79 Å². The smallest absolute Gasteiger partial charge is 0.367 e. The number of carbonyl (C=O) groups excluding carboxylic acids is 2. The van der Waals surface area contributed by atoms with Crippen molar-refractivity contribution < 1.29 is 14.3 Å². The molecule has 6 heteroatoms. The molecule has 1 amide bonds. The molecule has 0 atom stereocenters. The number of amides is 1. The van der Waals surface area contributed by atoms with Crippen molar-refractivity contribution in [2.45, 2.75) is 26.2 Å². The topological polar surface area (TPSA) is 59.5 Å². The van der Waals surface area contributed by atoms with Gasteiger partial charge in [0.2, 0.25) is 5.01 Å². The minimum absolute atomic E-state index is 0.0819. The highest BCUT2D eigenvalue weighted by Gasteiger charge is 2.22. The molecule has 0 bridgehead atoms. The molecule has 1 aromatic heterocycles. The SMILES string of the molecule is CCOC(=O)c1nc(C(=O)N2CCCCC2)cs1. The summed E-state index contributed by atoms with van der Waals surface area (Å²) in [5.41, 5.74) is 0.352. The molecule has 18 heavy (non-hydrogen) atoms. The first kappa shape index (κ1) is 13.0. The number of hydrogen-bond acceptors (Lipinski definition) is 5. The number of rotatable bonds is 3. The zero-order valence-electron chi connectivity index (χ0n) is 10.3. The maximum Gasteiger partial charge on any atom is 0.367 e. The minimum Gasteiger partial charge on any atom is -0.461 e. The second kappa shape index (κ2) is 5.95. The summed E-state index contributed by atoms with van der Waals surface area (Å²) in [6, 6.07) is 0. The van der Waals surface area contributed by atoms with Crippen molar-refractivity contribution in [2.24, 2.45) is 0 Å². The van der Waals surface area contributed by atoms with Crippen molar-refractivity contribution in [3.05, 3.63) is 16.1 Å². The van der Waals surface area contributed by atoms with Gasteiger partial charge in [-0.15, -0.1) is 11.3 Å².